The van der Waals surface area contributed by atoms with Crippen LogP contribution < -0.4 is 0 Å². The van der Waals surface area contributed by atoms with Gasteiger partial charge < -0.3 is 19.8 Å². The number of β-amino-alcohol motifs (C(OH)–C–C–N with tert-alkyl or cyclic N) is 1. The molecule has 0 aliphatic carbocycles. The first-order valence-electron chi connectivity index (χ1n) is 7.74. The number of hydrogen-bond acceptors (Lipinski definition) is 5. The highest BCUT2D eigenvalue weighted by Gasteiger charge is 2.28. The Kier molecular flexibility index (Phi) is 3.59. The van der Waals surface area contributed by atoms with Crippen LogP contribution in [0.4, 0.5) is 0 Å². The molecule has 0 fully saturated rings. The van der Waals surface area contributed by atoms with E-state index in [2.05, 4.69) is 15.0 Å². The van der Waals surface area contributed by atoms with Crippen LogP contribution >= 0.6 is 0 Å². The smallest absolute Gasteiger partial charge is 0.147 e. The van der Waals surface area contributed by atoms with Gasteiger partial charge in [0.1, 0.15) is 18.0 Å². The lowest BCUT2D eigenvalue weighted by Crippen LogP contribution is -2.31. The Balaban J connectivity index is 1.94. The molecule has 3 aromatic rings. The maximum absolute atomic E-state index is 11.6. The first-order valence-corrected chi connectivity index (χ1v) is 7.74. The van der Waals surface area contributed by atoms with Gasteiger partial charge >= 0.3 is 0 Å². The van der Waals surface area contributed by atoms with Crippen molar-refractivity contribution in [2.45, 2.75) is 6.04 Å². The standard InChI is InChI=1S/C18H16N4O2/c23-7-6-22-10-16(12-3-5-19-8-15(12)17(22)11-24)14-9-21-18-13(14)2-1-4-20-18/h1-5,8-11,17,23H,6-7H2,(H,20,21). The molecule has 120 valence electrons. The molecule has 1 aliphatic heterocycles. The quantitative estimate of drug-likeness (QED) is 0.718. The summed E-state index contributed by atoms with van der Waals surface area (Å²) in [6, 6.07) is 5.39. The lowest BCUT2D eigenvalue weighted by Gasteiger charge is -2.33. The topological polar surface area (TPSA) is 82.1 Å². The number of pyridine rings is 2. The fourth-order valence-electron chi connectivity index (χ4n) is 3.25. The number of aliphatic hydroxyl groups excluding tert-OH is 1. The van der Waals surface area contributed by atoms with Gasteiger partial charge in [-0.25, -0.2) is 4.98 Å². The van der Waals surface area contributed by atoms with Crippen LogP contribution in [0.5, 0.6) is 0 Å². The minimum atomic E-state index is -0.437. The summed E-state index contributed by atoms with van der Waals surface area (Å²) in [5.41, 5.74) is 4.63. The van der Waals surface area contributed by atoms with Gasteiger partial charge in [-0.1, -0.05) is 0 Å². The highest BCUT2D eigenvalue weighted by atomic mass is 16.3. The number of hydrogen-bond donors (Lipinski definition) is 2. The number of nitrogens with zero attached hydrogens (tertiary/aromatic N) is 3. The van der Waals surface area contributed by atoms with Crippen molar-refractivity contribution in [1.82, 2.24) is 19.9 Å². The molecule has 0 saturated carbocycles. The van der Waals surface area contributed by atoms with E-state index in [9.17, 15) is 9.90 Å². The highest BCUT2D eigenvalue weighted by Crippen LogP contribution is 2.38. The maximum atomic E-state index is 11.6. The van der Waals surface area contributed by atoms with E-state index < -0.39 is 6.04 Å². The molecule has 4 rings (SSSR count). The first kappa shape index (κ1) is 14.6. The fourth-order valence-corrected chi connectivity index (χ4v) is 3.25. The number of carbonyl (C=O) groups is 1. The van der Waals surface area contributed by atoms with Crippen molar-refractivity contribution in [3.05, 3.63) is 65.9 Å². The molecule has 0 spiro atoms. The molecule has 2 N–H and O–H groups in total. The molecule has 1 atom stereocenters. The van der Waals surface area contributed by atoms with Gasteiger partial charge in [-0.2, -0.15) is 0 Å². The average Bonchev–Trinajstić information content (AvgIpc) is 3.05. The number of aliphatic hydroxyl groups is 1. The summed E-state index contributed by atoms with van der Waals surface area (Å²) < 4.78 is 0. The van der Waals surface area contributed by atoms with E-state index in [0.717, 1.165) is 39.6 Å². The molecule has 1 aliphatic rings. The van der Waals surface area contributed by atoms with E-state index in [-0.39, 0.29) is 6.61 Å². The summed E-state index contributed by atoms with van der Waals surface area (Å²) in [5, 5.41) is 10.4. The van der Waals surface area contributed by atoms with Gasteiger partial charge in [0, 0.05) is 59.6 Å². The molecule has 24 heavy (non-hydrogen) atoms. The molecule has 1 unspecified atom stereocenters. The van der Waals surface area contributed by atoms with Crippen LogP contribution in [0.3, 0.4) is 0 Å². The summed E-state index contributed by atoms with van der Waals surface area (Å²) in [7, 11) is 0. The van der Waals surface area contributed by atoms with Gasteiger partial charge in [0.05, 0.1) is 6.61 Å². The van der Waals surface area contributed by atoms with Crippen LogP contribution in [0.1, 0.15) is 22.7 Å². The number of nitrogens with one attached hydrogen (secondary N) is 1. The van der Waals surface area contributed by atoms with Gasteiger partial charge in [-0.15, -0.1) is 0 Å². The van der Waals surface area contributed by atoms with Crippen molar-refractivity contribution >= 4 is 22.9 Å². The zero-order valence-corrected chi connectivity index (χ0v) is 12.9. The zero-order valence-electron chi connectivity index (χ0n) is 12.9. The summed E-state index contributed by atoms with van der Waals surface area (Å²) in [5.74, 6) is 0. The van der Waals surface area contributed by atoms with E-state index in [0.29, 0.717) is 6.54 Å². The number of carbonyl (C=O) groups excluding carboxylic acids is 1. The van der Waals surface area contributed by atoms with Gasteiger partial charge in [0.15, 0.2) is 0 Å². The normalized spacial score (nSPS) is 16.8. The van der Waals surface area contributed by atoms with E-state index in [1.165, 1.54) is 0 Å². The molecular weight excluding hydrogens is 304 g/mol. The Hall–Kier alpha value is -2.99. The lowest BCUT2D eigenvalue weighted by atomic mass is 9.89. The van der Waals surface area contributed by atoms with Gasteiger partial charge in [0.2, 0.25) is 0 Å². The molecule has 6 heteroatoms. The number of aromatic amines is 1. The third-order valence-electron chi connectivity index (χ3n) is 4.34. The highest BCUT2D eigenvalue weighted by molar-refractivity contribution is 5.97. The van der Waals surface area contributed by atoms with Crippen LogP contribution in [-0.4, -0.2) is 44.4 Å². The second-order valence-electron chi connectivity index (χ2n) is 5.65. The van der Waals surface area contributed by atoms with Crippen LogP contribution in [0, 0.1) is 0 Å². The molecule has 0 bridgehead atoms. The second-order valence-corrected chi connectivity index (χ2v) is 5.65. The minimum absolute atomic E-state index is 0.0286. The number of rotatable bonds is 4. The van der Waals surface area contributed by atoms with E-state index >= 15 is 0 Å². The van der Waals surface area contributed by atoms with Crippen LogP contribution in [0.2, 0.25) is 0 Å². The van der Waals surface area contributed by atoms with E-state index in [4.69, 9.17) is 0 Å². The summed E-state index contributed by atoms with van der Waals surface area (Å²) in [4.78, 5) is 25.2. The summed E-state index contributed by atoms with van der Waals surface area (Å²) >= 11 is 0. The largest absolute Gasteiger partial charge is 0.395 e. The Morgan fingerprint density at radius 2 is 2.21 bits per heavy atom. The van der Waals surface area contributed by atoms with Crippen molar-refractivity contribution < 1.29 is 9.90 Å². The molecular formula is C18H16N4O2. The van der Waals surface area contributed by atoms with Crippen molar-refractivity contribution in [3.8, 4) is 0 Å². The fraction of sp³-hybridized carbons (Fsp3) is 0.167. The number of aldehydes is 1. The Morgan fingerprint density at radius 1 is 1.29 bits per heavy atom. The number of aromatic nitrogens is 3. The predicted octanol–water partition coefficient (Wildman–Crippen LogP) is 1.90. The second kappa shape index (κ2) is 5.90. The molecule has 4 heterocycles. The van der Waals surface area contributed by atoms with Gasteiger partial charge in [-0.05, 0) is 23.8 Å². The molecule has 0 aromatic carbocycles. The van der Waals surface area contributed by atoms with Crippen molar-refractivity contribution in [2.24, 2.45) is 0 Å². The third-order valence-corrected chi connectivity index (χ3v) is 4.34. The summed E-state index contributed by atoms with van der Waals surface area (Å²) in [6.45, 7) is 0.348. The Morgan fingerprint density at radius 3 is 3.04 bits per heavy atom. The average molecular weight is 320 g/mol. The van der Waals surface area contributed by atoms with Crippen LogP contribution in [0.15, 0.2) is 49.2 Å². The van der Waals surface area contributed by atoms with Gasteiger partial charge in [-0.3, -0.25) is 4.98 Å². The van der Waals surface area contributed by atoms with E-state index in [1.54, 1.807) is 18.6 Å². The third kappa shape index (κ3) is 2.19. The zero-order chi connectivity index (χ0) is 16.5. The molecule has 0 saturated heterocycles. The molecule has 0 radical (unpaired) electrons. The Labute approximate surface area is 138 Å². The van der Waals surface area contributed by atoms with Crippen LogP contribution in [0.25, 0.3) is 16.6 Å². The first-order chi connectivity index (χ1) is 11.8. The van der Waals surface area contributed by atoms with Crippen molar-refractivity contribution in [2.75, 3.05) is 13.2 Å². The Bertz CT molecular complexity index is 931. The van der Waals surface area contributed by atoms with Crippen molar-refractivity contribution in [1.29, 1.82) is 0 Å². The monoisotopic (exact) mass is 320 g/mol. The minimum Gasteiger partial charge on any atom is -0.395 e. The van der Waals surface area contributed by atoms with Crippen LogP contribution in [-0.2, 0) is 4.79 Å². The molecule has 3 aromatic heterocycles. The lowest BCUT2D eigenvalue weighted by molar-refractivity contribution is -0.112. The number of H-pyrrole nitrogens is 1. The SMILES string of the molecule is O=CC1c2cnccc2C(c2c[nH]c3ncccc23)=CN1CCO. The van der Waals surface area contributed by atoms with E-state index in [1.807, 2.05) is 35.5 Å². The summed E-state index contributed by atoms with van der Waals surface area (Å²) in [6.07, 6.45) is 9.94. The predicted molar refractivity (Wildman–Crippen MR) is 90.0 cm³/mol. The maximum Gasteiger partial charge on any atom is 0.147 e. The van der Waals surface area contributed by atoms with Gasteiger partial charge in [0.25, 0.3) is 0 Å². The molecule has 0 amide bonds. The number of fused-ring (bicyclic) bond motifs is 2. The molecule has 6 nitrogen and oxygen atoms in total. The van der Waals surface area contributed by atoms with Crippen molar-refractivity contribution in [3.63, 3.8) is 0 Å².